The van der Waals surface area contributed by atoms with Gasteiger partial charge in [0, 0.05) is 37.0 Å². The van der Waals surface area contributed by atoms with Gasteiger partial charge in [-0.05, 0) is 65.0 Å². The number of ether oxygens (including phenoxy) is 1. The molecule has 0 unspecified atom stereocenters. The van der Waals surface area contributed by atoms with Crippen molar-refractivity contribution in [3.63, 3.8) is 0 Å². The molecule has 41 heavy (non-hydrogen) atoms. The molecule has 2 aliphatic heterocycles. The van der Waals surface area contributed by atoms with E-state index in [1.807, 2.05) is 23.0 Å². The highest BCUT2D eigenvalue weighted by Gasteiger charge is 2.25. The zero-order chi connectivity index (χ0) is 28.9. The second-order valence-corrected chi connectivity index (χ2v) is 11.1. The number of anilines is 4. The molecule has 12 heteroatoms. The molecule has 2 saturated heterocycles. The number of carbonyl (C=O) groups excluding carboxylic acids is 1. The molecule has 11 nitrogen and oxygen atoms in total. The van der Waals surface area contributed by atoms with Crippen LogP contribution in [0.5, 0.6) is 5.75 Å². The van der Waals surface area contributed by atoms with Crippen LogP contribution < -0.4 is 25.6 Å². The van der Waals surface area contributed by atoms with E-state index in [0.29, 0.717) is 45.9 Å². The molecule has 1 amide bonds. The summed E-state index contributed by atoms with van der Waals surface area (Å²) in [5.41, 5.74) is 3.56. The first kappa shape index (κ1) is 28.8. The Hall–Kier alpha value is -3.67. The summed E-state index contributed by atoms with van der Waals surface area (Å²) in [5.74, 6) is 0.657. The van der Waals surface area contributed by atoms with E-state index in [1.54, 1.807) is 19.5 Å². The Morgan fingerprint density at radius 1 is 1.17 bits per heavy atom. The average Bonchev–Trinajstić information content (AvgIpc) is 3.49. The largest absolute Gasteiger partial charge is 0.494 e. The summed E-state index contributed by atoms with van der Waals surface area (Å²) < 4.78 is 7.77. The van der Waals surface area contributed by atoms with Gasteiger partial charge in [-0.2, -0.15) is 5.10 Å². The predicted molar refractivity (Wildman–Crippen MR) is 163 cm³/mol. The van der Waals surface area contributed by atoms with E-state index in [1.165, 1.54) is 6.08 Å². The van der Waals surface area contributed by atoms with E-state index in [2.05, 4.69) is 56.5 Å². The van der Waals surface area contributed by atoms with Gasteiger partial charge in [0.15, 0.2) is 0 Å². The van der Waals surface area contributed by atoms with Gasteiger partial charge in [0.2, 0.25) is 11.9 Å². The Kier molecular flexibility index (Phi) is 9.06. The molecule has 3 aromatic rings. The van der Waals surface area contributed by atoms with E-state index in [-0.39, 0.29) is 5.91 Å². The standard InChI is InChI=1S/C29H38ClN9O2/c1-5-27(40)34-23-14-24(26(41-4)15-25(23)38-12-8-20(9-13-38)37(2)3)35-29-32-17-22(30)28(36-29)19-16-33-39(18-19)21-6-10-31-11-7-21/h5,14-18,20-21,31H,1,6-13H2,2-4H3,(H,34,40)(H,32,35,36). The maximum atomic E-state index is 12.4. The summed E-state index contributed by atoms with van der Waals surface area (Å²) in [6.45, 7) is 7.30. The van der Waals surface area contributed by atoms with Gasteiger partial charge in [0.1, 0.15) is 5.75 Å². The minimum atomic E-state index is -0.290. The predicted octanol–water partition coefficient (Wildman–Crippen LogP) is 4.33. The molecule has 3 N–H and O–H groups in total. The molecule has 2 fully saturated rings. The molecular weight excluding hydrogens is 542 g/mol. The lowest BCUT2D eigenvalue weighted by molar-refractivity contribution is -0.111. The molecule has 4 heterocycles. The van der Waals surface area contributed by atoms with Crippen molar-refractivity contribution in [2.45, 2.75) is 37.8 Å². The summed E-state index contributed by atoms with van der Waals surface area (Å²) in [4.78, 5) is 26.1. The summed E-state index contributed by atoms with van der Waals surface area (Å²) in [6, 6.07) is 4.67. The van der Waals surface area contributed by atoms with E-state index < -0.39 is 0 Å². The Morgan fingerprint density at radius 2 is 1.93 bits per heavy atom. The van der Waals surface area contributed by atoms with Crippen molar-refractivity contribution in [3.05, 3.63) is 48.4 Å². The van der Waals surface area contributed by atoms with Gasteiger partial charge >= 0.3 is 0 Å². The van der Waals surface area contributed by atoms with Crippen molar-refractivity contribution in [1.29, 1.82) is 0 Å². The van der Waals surface area contributed by atoms with Crippen molar-refractivity contribution in [2.24, 2.45) is 0 Å². The van der Waals surface area contributed by atoms with Crippen LogP contribution in [0.2, 0.25) is 5.02 Å². The Morgan fingerprint density at radius 3 is 2.61 bits per heavy atom. The third-order valence-electron chi connectivity index (χ3n) is 7.84. The monoisotopic (exact) mass is 579 g/mol. The molecule has 0 bridgehead atoms. The molecular formula is C29H38ClN9O2. The lowest BCUT2D eigenvalue weighted by Crippen LogP contribution is -2.42. The van der Waals surface area contributed by atoms with E-state index in [0.717, 1.165) is 63.1 Å². The van der Waals surface area contributed by atoms with Gasteiger partial charge in [-0.25, -0.2) is 9.97 Å². The van der Waals surface area contributed by atoms with Crippen LogP contribution >= 0.6 is 11.6 Å². The van der Waals surface area contributed by atoms with Crippen molar-refractivity contribution < 1.29 is 9.53 Å². The van der Waals surface area contributed by atoms with Crippen LogP contribution in [0.25, 0.3) is 11.3 Å². The smallest absolute Gasteiger partial charge is 0.247 e. The molecule has 5 rings (SSSR count). The number of rotatable bonds is 9. The number of amides is 1. The fourth-order valence-corrected chi connectivity index (χ4v) is 5.69. The number of hydrogen-bond donors (Lipinski definition) is 3. The lowest BCUT2D eigenvalue weighted by Gasteiger charge is -2.37. The number of methoxy groups -OCH3 is 1. The number of nitrogens with one attached hydrogen (secondary N) is 3. The SMILES string of the molecule is C=CC(=O)Nc1cc(Nc2ncc(Cl)c(-c3cnn(C4CCNCC4)c3)n2)c(OC)cc1N1CCC(N(C)C)CC1. The van der Waals surface area contributed by atoms with Crippen molar-refractivity contribution in [2.75, 3.05) is 62.9 Å². The third-order valence-corrected chi connectivity index (χ3v) is 8.12. The van der Waals surface area contributed by atoms with E-state index in [4.69, 9.17) is 21.3 Å². The number of carbonyl (C=O) groups is 1. The van der Waals surface area contributed by atoms with E-state index >= 15 is 0 Å². The maximum absolute atomic E-state index is 12.4. The average molecular weight is 580 g/mol. The molecule has 0 aliphatic carbocycles. The molecule has 0 saturated carbocycles. The lowest BCUT2D eigenvalue weighted by atomic mass is 10.0. The minimum Gasteiger partial charge on any atom is -0.494 e. The van der Waals surface area contributed by atoms with E-state index in [9.17, 15) is 4.79 Å². The number of halogens is 1. The van der Waals surface area contributed by atoms with Crippen LogP contribution in [0.15, 0.2) is 43.4 Å². The number of aromatic nitrogens is 4. The van der Waals surface area contributed by atoms with Gasteiger partial charge < -0.3 is 30.5 Å². The zero-order valence-corrected chi connectivity index (χ0v) is 24.6. The molecule has 2 aromatic heterocycles. The number of piperidine rings is 2. The Labute approximate surface area is 245 Å². The first-order valence-electron chi connectivity index (χ1n) is 14.0. The van der Waals surface area contributed by atoms with Gasteiger partial charge in [-0.1, -0.05) is 18.2 Å². The first-order valence-corrected chi connectivity index (χ1v) is 14.4. The zero-order valence-electron chi connectivity index (χ0n) is 23.9. The molecule has 2 aliphatic rings. The molecule has 0 spiro atoms. The van der Waals surface area contributed by atoms with Gasteiger partial charge in [-0.15, -0.1) is 0 Å². The van der Waals surface area contributed by atoms with Crippen LogP contribution in [0.4, 0.5) is 23.0 Å². The van der Waals surface area contributed by atoms with Crippen LogP contribution in [0.3, 0.4) is 0 Å². The fraction of sp³-hybridized carbons (Fsp3) is 0.448. The van der Waals surface area contributed by atoms with Crippen LogP contribution in [-0.4, -0.2) is 84.0 Å². The minimum absolute atomic E-state index is 0.290. The second-order valence-electron chi connectivity index (χ2n) is 10.7. The topological polar surface area (TPSA) is 112 Å². The molecule has 0 atom stereocenters. The second kappa shape index (κ2) is 12.9. The third kappa shape index (κ3) is 6.64. The van der Waals surface area contributed by atoms with Crippen LogP contribution in [-0.2, 0) is 4.79 Å². The van der Waals surface area contributed by atoms with Gasteiger partial charge in [0.05, 0.1) is 53.3 Å². The first-order chi connectivity index (χ1) is 19.9. The van der Waals surface area contributed by atoms with Gasteiger partial charge in [0.25, 0.3) is 0 Å². The number of nitrogens with zero attached hydrogens (tertiary/aromatic N) is 6. The molecule has 218 valence electrons. The van der Waals surface area contributed by atoms with Crippen LogP contribution in [0.1, 0.15) is 31.7 Å². The van der Waals surface area contributed by atoms with Crippen molar-refractivity contribution >= 4 is 40.5 Å². The van der Waals surface area contributed by atoms with Crippen molar-refractivity contribution in [1.82, 2.24) is 30.0 Å². The normalized spacial score (nSPS) is 16.6. The highest BCUT2D eigenvalue weighted by Crippen LogP contribution is 2.40. The summed E-state index contributed by atoms with van der Waals surface area (Å²) >= 11 is 6.53. The molecule has 1 aromatic carbocycles. The number of benzene rings is 1. The highest BCUT2D eigenvalue weighted by molar-refractivity contribution is 6.32. The van der Waals surface area contributed by atoms with Crippen LogP contribution in [0, 0.1) is 0 Å². The Balaban J connectivity index is 1.43. The summed E-state index contributed by atoms with van der Waals surface area (Å²) in [5, 5.41) is 14.6. The van der Waals surface area contributed by atoms with Crippen molar-refractivity contribution in [3.8, 4) is 17.0 Å². The maximum Gasteiger partial charge on any atom is 0.247 e. The summed E-state index contributed by atoms with van der Waals surface area (Å²) in [7, 11) is 5.85. The Bertz CT molecular complexity index is 1380. The quantitative estimate of drug-likeness (QED) is 0.319. The summed E-state index contributed by atoms with van der Waals surface area (Å²) in [6.07, 6.45) is 10.7. The fourth-order valence-electron chi connectivity index (χ4n) is 5.49. The number of hydrogen-bond acceptors (Lipinski definition) is 9. The molecule has 0 radical (unpaired) electrons. The highest BCUT2D eigenvalue weighted by atomic mass is 35.5. The van der Waals surface area contributed by atoms with Gasteiger partial charge in [-0.3, -0.25) is 9.48 Å².